The summed E-state index contributed by atoms with van der Waals surface area (Å²) in [5, 5.41) is 32.0. The van der Waals surface area contributed by atoms with Gasteiger partial charge in [0.05, 0.1) is 23.2 Å². The van der Waals surface area contributed by atoms with E-state index in [9.17, 15) is 5.11 Å². The van der Waals surface area contributed by atoms with Crippen LogP contribution in [0.15, 0.2) is 67.1 Å². The van der Waals surface area contributed by atoms with Gasteiger partial charge in [-0.3, -0.25) is 0 Å². The van der Waals surface area contributed by atoms with Crippen LogP contribution in [0.25, 0.3) is 0 Å². The van der Waals surface area contributed by atoms with Crippen molar-refractivity contribution in [1.82, 2.24) is 43.8 Å². The van der Waals surface area contributed by atoms with E-state index < -0.39 is 7.12 Å². The Bertz CT molecular complexity index is 1320. The fraction of sp³-hybridized carbons (Fsp3) is 0.543. The minimum absolute atomic E-state index is 0. The molecule has 1 fully saturated rings. The van der Waals surface area contributed by atoms with E-state index in [2.05, 4.69) is 95.6 Å². The largest absolute Gasteiger partial charge is 4.00 e. The second-order valence-corrected chi connectivity index (χ2v) is 13.2. The molecule has 5 rings (SSSR count). The third kappa shape index (κ3) is 19.3. The Morgan fingerprint density at radius 1 is 0.627 bits per heavy atom. The summed E-state index contributed by atoms with van der Waals surface area (Å²) in [5.74, 6) is 1.26. The Hall–Kier alpha value is -2.40. The Morgan fingerprint density at radius 2 is 0.882 bits per heavy atom. The second-order valence-electron chi connectivity index (χ2n) is 13.2. The van der Waals surface area contributed by atoms with Crippen LogP contribution in [0.1, 0.15) is 83.3 Å². The molecule has 0 aliphatic carbocycles. The predicted octanol–water partition coefficient (Wildman–Crippen LogP) is 4.27. The molecule has 4 aromatic rings. The molecule has 0 atom stereocenters. The van der Waals surface area contributed by atoms with Crippen LogP contribution in [-0.4, -0.2) is 111 Å². The van der Waals surface area contributed by atoms with Gasteiger partial charge in [-0.05, 0) is 75.7 Å². The van der Waals surface area contributed by atoms with Crippen LogP contribution in [0.4, 0.5) is 0 Å². The average molecular weight is 852 g/mol. The molecule has 1 saturated heterocycles. The minimum Gasteiger partial charge on any atom is -2.00 e. The van der Waals surface area contributed by atoms with Crippen LogP contribution in [0, 0.1) is 11.3 Å². The van der Waals surface area contributed by atoms with E-state index in [-0.39, 0.29) is 62.9 Å². The summed E-state index contributed by atoms with van der Waals surface area (Å²) >= 11 is 0. The van der Waals surface area contributed by atoms with Gasteiger partial charge in [0.25, 0.3) is 0 Å². The van der Waals surface area contributed by atoms with Crippen molar-refractivity contribution in [3.8, 4) is 11.8 Å². The standard InChI is InChI=1S/C18H28BN6.C9H21N3.C6H6O.C2H3N.Cu.Mo.O.S/c1-13(2)16-7-10-23(20-16)19(24-11-8-17(21-24)14(3)4)25-12-9-18(22-25)15(5)6;1-10-4-6-11(2)8-9-12(3)7-5-10;7-6-4-2-1-3-5-6;1-2-3;;;;/h7-15,19H,1-6H3;4-9H2,1-3H3;1-5,7H;1H3;;;;/q-1;;;;+2;+4;2*-2/p-1. The van der Waals surface area contributed by atoms with Crippen molar-refractivity contribution in [2.24, 2.45) is 0 Å². The van der Waals surface area contributed by atoms with Gasteiger partial charge in [-0.1, -0.05) is 71.9 Å². The number of likely N-dealkylation sites (N-methyl/N-ethyl adjacent to an activating group) is 3. The van der Waals surface area contributed by atoms with E-state index in [1.165, 1.54) is 58.3 Å². The van der Waals surface area contributed by atoms with Gasteiger partial charge in [0.1, 0.15) is 0 Å². The number of hydrogen-bond acceptors (Lipinski definition) is 8. The topological polar surface area (TPSA) is 139 Å². The first-order chi connectivity index (χ1) is 22.4. The van der Waals surface area contributed by atoms with Gasteiger partial charge in [-0.15, -0.1) is 5.75 Å². The number of rotatable bonds is 6. The van der Waals surface area contributed by atoms with Gasteiger partial charge in [-0.2, -0.15) is 5.26 Å². The van der Waals surface area contributed by atoms with Crippen LogP contribution >= 0.6 is 0 Å². The molecule has 1 aliphatic rings. The third-order valence-corrected chi connectivity index (χ3v) is 7.96. The first-order valence-corrected chi connectivity index (χ1v) is 16.8. The Labute approximate surface area is 339 Å². The number of nitriles is 1. The van der Waals surface area contributed by atoms with E-state index in [4.69, 9.17) is 20.6 Å². The number of benzene rings is 1. The van der Waals surface area contributed by atoms with Crippen molar-refractivity contribution in [2.75, 3.05) is 60.4 Å². The zero-order chi connectivity index (χ0) is 34.9. The van der Waals surface area contributed by atoms with Gasteiger partial charge in [0.15, 0.2) is 0 Å². The predicted molar refractivity (Wildman–Crippen MR) is 200 cm³/mol. The molecule has 51 heavy (non-hydrogen) atoms. The van der Waals surface area contributed by atoms with Crippen LogP contribution in [-0.2, 0) is 57.1 Å². The Balaban J connectivity index is -0.000000743. The maximum atomic E-state index is 10.3. The van der Waals surface area contributed by atoms with Crippen molar-refractivity contribution in [1.29, 1.82) is 5.26 Å². The molecule has 12 nitrogen and oxygen atoms in total. The minimum atomic E-state index is -1.27. The Kier molecular flexibility index (Phi) is 29.2. The first-order valence-electron chi connectivity index (χ1n) is 16.8. The van der Waals surface area contributed by atoms with Gasteiger partial charge >= 0.3 is 45.3 Å². The van der Waals surface area contributed by atoms with E-state index in [0.717, 1.165) is 17.1 Å². The van der Waals surface area contributed by atoms with Crippen LogP contribution in [0.3, 0.4) is 0 Å². The van der Waals surface area contributed by atoms with Crippen molar-refractivity contribution in [3.05, 3.63) is 84.2 Å². The first kappa shape index (κ1) is 53.0. The molecule has 1 aliphatic heterocycles. The van der Waals surface area contributed by atoms with E-state index in [0.29, 0.717) is 17.8 Å². The van der Waals surface area contributed by atoms with Crippen LogP contribution in [0.5, 0.6) is 5.75 Å². The molecule has 3 aromatic heterocycles. The smallest absolute Gasteiger partial charge is 2.00 e. The summed E-state index contributed by atoms with van der Waals surface area (Å²) in [5.41, 5.74) is 3.26. The zero-order valence-corrected chi connectivity index (χ0v) is 35.7. The number of para-hydroxylation sites is 1. The van der Waals surface area contributed by atoms with Crippen molar-refractivity contribution in [3.63, 3.8) is 0 Å². The molecule has 0 N–H and O–H groups in total. The fourth-order valence-corrected chi connectivity index (χ4v) is 4.75. The van der Waals surface area contributed by atoms with Gasteiger partial charge in [0.2, 0.25) is 0 Å². The van der Waals surface area contributed by atoms with Crippen molar-refractivity contribution in [2.45, 2.75) is 66.2 Å². The number of hydrogen-bond donors (Lipinski definition) is 0. The van der Waals surface area contributed by atoms with E-state index in [1.54, 1.807) is 18.2 Å². The molecule has 4 heterocycles. The monoisotopic (exact) mass is 853 g/mol. The molecule has 0 unspecified atom stereocenters. The molecule has 0 spiro atoms. The zero-order valence-electron chi connectivity index (χ0n) is 31.9. The summed E-state index contributed by atoms with van der Waals surface area (Å²) in [6.45, 7) is 21.6. The molecule has 1 radical (unpaired) electrons. The quantitative estimate of drug-likeness (QED) is 0.263. The number of nitrogens with zero attached hydrogens (tertiary/aromatic N) is 10. The average Bonchev–Trinajstić information content (AvgIpc) is 3.82. The maximum absolute atomic E-state index is 10.3. The Morgan fingerprint density at radius 3 is 1.06 bits per heavy atom. The fourth-order valence-electron chi connectivity index (χ4n) is 4.75. The van der Waals surface area contributed by atoms with Gasteiger partial charge in [-0.25, -0.2) is 15.3 Å². The molecule has 285 valence electrons. The van der Waals surface area contributed by atoms with Crippen molar-refractivity contribution >= 4 is 20.6 Å². The maximum Gasteiger partial charge on any atom is 4.00 e. The van der Waals surface area contributed by atoms with Crippen molar-refractivity contribution < 1.29 is 48.7 Å². The summed E-state index contributed by atoms with van der Waals surface area (Å²) in [7, 11) is 5.34. The molecule has 0 bridgehead atoms. The molecular weight excluding hydrogens is 795 g/mol. The van der Waals surface area contributed by atoms with E-state index >= 15 is 0 Å². The molecule has 16 heteroatoms. The molecule has 1 aromatic carbocycles. The summed E-state index contributed by atoms with van der Waals surface area (Å²) in [4.78, 5) is 7.20. The van der Waals surface area contributed by atoms with E-state index in [1.807, 2.05) is 38.4 Å². The second kappa shape index (κ2) is 28.1. The van der Waals surface area contributed by atoms with Crippen LogP contribution in [0.2, 0.25) is 0 Å². The van der Waals surface area contributed by atoms with Crippen LogP contribution < -0.4 is 5.11 Å². The summed E-state index contributed by atoms with van der Waals surface area (Å²) in [6.07, 6.45) is 6.13. The SMILES string of the molecule is CC#N.CC(C)c1ccn([BH-](n2ccc(C(C)C)n2)n2ccc(C(C)C)n2)n1.CN1CCN(C)CCN(C)CC1.[Cu+2].[Mo+4].[O-2].[O-]c1ccccc1.[S-2]. The molecule has 0 saturated carbocycles. The summed E-state index contributed by atoms with van der Waals surface area (Å²) in [6, 6.07) is 16.3. The summed E-state index contributed by atoms with van der Waals surface area (Å²) < 4.78 is 6.05. The van der Waals surface area contributed by atoms with Gasteiger partial charge in [0, 0.05) is 46.2 Å². The third-order valence-electron chi connectivity index (χ3n) is 7.96. The normalized spacial score (nSPS) is 13.5. The number of aromatic nitrogens is 6. The molecule has 0 amide bonds. The molecular formula is C35H57BCuMoN10O2S. The van der Waals surface area contributed by atoms with Gasteiger partial charge < -0.3 is 52.6 Å².